The van der Waals surface area contributed by atoms with Gasteiger partial charge in [0.25, 0.3) is 11.8 Å². The summed E-state index contributed by atoms with van der Waals surface area (Å²) in [5.41, 5.74) is 2.45. The molecule has 2 amide bonds. The molecule has 2 N–H and O–H groups in total. The van der Waals surface area contributed by atoms with Crippen molar-refractivity contribution in [3.63, 3.8) is 0 Å². The van der Waals surface area contributed by atoms with Gasteiger partial charge in [-0.25, -0.2) is 12.8 Å². The number of hydrogen-bond acceptors (Lipinski definition) is 4. The van der Waals surface area contributed by atoms with Gasteiger partial charge in [0.05, 0.1) is 11.4 Å². The molecule has 0 aromatic heterocycles. The zero-order chi connectivity index (χ0) is 23.4. The fraction of sp³-hybridized carbons (Fsp3) is 0.167. The Hall–Kier alpha value is -3.72. The molecule has 33 heavy (non-hydrogen) atoms. The van der Waals surface area contributed by atoms with Crippen molar-refractivity contribution >= 4 is 33.2 Å². The molecule has 0 aliphatic carbocycles. The lowest BCUT2D eigenvalue weighted by atomic mass is 10.1. The van der Waals surface area contributed by atoms with E-state index in [-0.39, 0.29) is 23.8 Å². The maximum absolute atomic E-state index is 13.3. The summed E-state index contributed by atoms with van der Waals surface area (Å²) >= 11 is 0. The molecule has 4 rings (SSSR count). The van der Waals surface area contributed by atoms with Crippen LogP contribution >= 0.6 is 0 Å². The summed E-state index contributed by atoms with van der Waals surface area (Å²) in [6.45, 7) is 0.671. The Morgan fingerprint density at radius 2 is 1.67 bits per heavy atom. The lowest BCUT2D eigenvalue weighted by molar-refractivity contribution is 0.0950. The minimum Gasteiger partial charge on any atom is -0.348 e. The normalized spacial score (nSPS) is 14.6. The summed E-state index contributed by atoms with van der Waals surface area (Å²) in [6.07, 6.45) is 0.590. The number of sulfonamides is 1. The highest BCUT2D eigenvalue weighted by atomic mass is 32.2. The van der Waals surface area contributed by atoms with Gasteiger partial charge >= 0.3 is 0 Å². The van der Waals surface area contributed by atoms with E-state index >= 15 is 0 Å². The fourth-order valence-electron chi connectivity index (χ4n) is 3.59. The van der Waals surface area contributed by atoms with Crippen molar-refractivity contribution in [2.45, 2.75) is 13.0 Å². The number of nitrogens with one attached hydrogen (secondary N) is 2. The fourth-order valence-corrected chi connectivity index (χ4v) is 5.15. The zero-order valence-corrected chi connectivity index (χ0v) is 18.4. The molecule has 3 aromatic carbocycles. The van der Waals surface area contributed by atoms with Gasteiger partial charge in [-0.3, -0.25) is 13.9 Å². The average Bonchev–Trinajstić information content (AvgIpc) is 3.16. The van der Waals surface area contributed by atoms with Gasteiger partial charge in [0, 0.05) is 29.9 Å². The Balaban J connectivity index is 1.36. The summed E-state index contributed by atoms with van der Waals surface area (Å²) < 4.78 is 38.8. The van der Waals surface area contributed by atoms with E-state index in [2.05, 4.69) is 10.6 Å². The van der Waals surface area contributed by atoms with E-state index in [9.17, 15) is 22.4 Å². The van der Waals surface area contributed by atoms with Crippen molar-refractivity contribution in [1.82, 2.24) is 5.32 Å². The Morgan fingerprint density at radius 1 is 0.909 bits per heavy atom. The lowest BCUT2D eigenvalue weighted by Gasteiger charge is -2.17. The molecule has 1 saturated heterocycles. The van der Waals surface area contributed by atoms with Crippen LogP contribution in [-0.4, -0.2) is 32.5 Å². The van der Waals surface area contributed by atoms with E-state index in [4.69, 9.17) is 0 Å². The van der Waals surface area contributed by atoms with E-state index in [1.165, 1.54) is 22.5 Å². The molecule has 7 nitrogen and oxygen atoms in total. The minimum atomic E-state index is -3.27. The number of halogens is 1. The molecule has 0 atom stereocenters. The van der Waals surface area contributed by atoms with Gasteiger partial charge in [-0.05, 0) is 66.6 Å². The number of carbonyl (C=O) groups excluding carboxylic acids is 2. The van der Waals surface area contributed by atoms with Gasteiger partial charge in [-0.2, -0.15) is 0 Å². The highest BCUT2D eigenvalue weighted by molar-refractivity contribution is 7.93. The molecule has 0 radical (unpaired) electrons. The molecule has 0 saturated carbocycles. The Kier molecular flexibility index (Phi) is 6.41. The smallest absolute Gasteiger partial charge is 0.255 e. The van der Waals surface area contributed by atoms with Gasteiger partial charge in [-0.15, -0.1) is 0 Å². The second-order valence-corrected chi connectivity index (χ2v) is 9.65. The minimum absolute atomic E-state index is 0.136. The SMILES string of the molecule is O=C(NCc1cccc(NC(=O)c2cccc(F)c2)c1)c1ccc(N2CCCS2(=O)=O)cc1. The molecular weight excluding hydrogens is 445 g/mol. The van der Waals surface area contributed by atoms with Crippen LogP contribution in [0.3, 0.4) is 0 Å². The third-order valence-electron chi connectivity index (χ3n) is 5.24. The quantitative estimate of drug-likeness (QED) is 0.580. The standard InChI is InChI=1S/C24H22FN3O4S/c25-20-6-2-5-19(15-20)24(30)27-21-7-1-4-17(14-21)16-26-23(29)18-8-10-22(11-9-18)28-12-3-13-33(28,31)32/h1-2,4-11,14-15H,3,12-13,16H2,(H,26,29)(H,27,30). The summed E-state index contributed by atoms with van der Waals surface area (Å²) in [5.74, 6) is -1.10. The van der Waals surface area contributed by atoms with Crippen molar-refractivity contribution < 1.29 is 22.4 Å². The van der Waals surface area contributed by atoms with Crippen LogP contribution in [0, 0.1) is 5.82 Å². The van der Waals surface area contributed by atoms with Crippen molar-refractivity contribution in [3.05, 3.63) is 95.3 Å². The summed E-state index contributed by atoms with van der Waals surface area (Å²) in [6, 6.07) is 18.8. The zero-order valence-electron chi connectivity index (χ0n) is 17.6. The predicted molar refractivity (Wildman–Crippen MR) is 124 cm³/mol. The first kappa shape index (κ1) is 22.5. The molecular formula is C24H22FN3O4S. The molecule has 3 aromatic rings. The molecule has 170 valence electrons. The Bertz CT molecular complexity index is 1290. The second-order valence-electron chi connectivity index (χ2n) is 7.64. The lowest BCUT2D eigenvalue weighted by Crippen LogP contribution is -2.25. The maximum Gasteiger partial charge on any atom is 0.255 e. The number of amides is 2. The summed E-state index contributed by atoms with van der Waals surface area (Å²) in [4.78, 5) is 24.8. The third kappa shape index (κ3) is 5.38. The van der Waals surface area contributed by atoms with Gasteiger partial charge < -0.3 is 10.6 Å². The van der Waals surface area contributed by atoms with Crippen LogP contribution < -0.4 is 14.9 Å². The average molecular weight is 468 g/mol. The number of nitrogens with zero attached hydrogens (tertiary/aromatic N) is 1. The molecule has 0 unspecified atom stereocenters. The molecule has 9 heteroatoms. The van der Waals surface area contributed by atoms with Crippen LogP contribution in [-0.2, 0) is 16.6 Å². The van der Waals surface area contributed by atoms with Crippen LogP contribution in [0.15, 0.2) is 72.8 Å². The van der Waals surface area contributed by atoms with E-state index < -0.39 is 21.7 Å². The van der Waals surface area contributed by atoms with Crippen LogP contribution in [0.5, 0.6) is 0 Å². The van der Waals surface area contributed by atoms with E-state index in [1.807, 2.05) is 0 Å². The number of hydrogen-bond donors (Lipinski definition) is 2. The molecule has 0 spiro atoms. The molecule has 1 aliphatic heterocycles. The number of rotatable bonds is 6. The van der Waals surface area contributed by atoms with E-state index in [1.54, 1.807) is 48.5 Å². The number of carbonyl (C=O) groups is 2. The van der Waals surface area contributed by atoms with Gasteiger partial charge in [-0.1, -0.05) is 18.2 Å². The largest absolute Gasteiger partial charge is 0.348 e. The van der Waals surface area contributed by atoms with Crippen LogP contribution in [0.4, 0.5) is 15.8 Å². The van der Waals surface area contributed by atoms with Gasteiger partial charge in [0.15, 0.2) is 0 Å². The van der Waals surface area contributed by atoms with Crippen LogP contribution in [0.25, 0.3) is 0 Å². The number of anilines is 2. The summed E-state index contributed by atoms with van der Waals surface area (Å²) in [5, 5.41) is 5.52. The Labute approximate surface area is 191 Å². The van der Waals surface area contributed by atoms with E-state index in [0.29, 0.717) is 29.9 Å². The third-order valence-corrected chi connectivity index (χ3v) is 7.11. The van der Waals surface area contributed by atoms with Crippen LogP contribution in [0.1, 0.15) is 32.7 Å². The maximum atomic E-state index is 13.3. The Morgan fingerprint density at radius 3 is 2.36 bits per heavy atom. The van der Waals surface area contributed by atoms with Crippen LogP contribution in [0.2, 0.25) is 0 Å². The highest BCUT2D eigenvalue weighted by Crippen LogP contribution is 2.24. The summed E-state index contributed by atoms with van der Waals surface area (Å²) in [7, 11) is -3.27. The topological polar surface area (TPSA) is 95.6 Å². The predicted octanol–water partition coefficient (Wildman–Crippen LogP) is 3.55. The van der Waals surface area contributed by atoms with Crippen molar-refractivity contribution in [2.24, 2.45) is 0 Å². The van der Waals surface area contributed by atoms with Gasteiger partial charge in [0.2, 0.25) is 10.0 Å². The van der Waals surface area contributed by atoms with Crippen molar-refractivity contribution in [2.75, 3.05) is 21.9 Å². The molecule has 1 heterocycles. The van der Waals surface area contributed by atoms with Crippen molar-refractivity contribution in [1.29, 1.82) is 0 Å². The number of benzene rings is 3. The van der Waals surface area contributed by atoms with Gasteiger partial charge in [0.1, 0.15) is 5.82 Å². The van der Waals surface area contributed by atoms with E-state index in [0.717, 1.165) is 11.6 Å². The first-order valence-electron chi connectivity index (χ1n) is 10.4. The molecule has 0 bridgehead atoms. The molecule has 1 aliphatic rings. The highest BCUT2D eigenvalue weighted by Gasteiger charge is 2.28. The molecule has 1 fully saturated rings. The first-order chi connectivity index (χ1) is 15.8. The van der Waals surface area contributed by atoms with Crippen molar-refractivity contribution in [3.8, 4) is 0 Å². The monoisotopic (exact) mass is 467 g/mol. The second kappa shape index (κ2) is 9.41. The first-order valence-corrected chi connectivity index (χ1v) is 12.0.